The summed E-state index contributed by atoms with van der Waals surface area (Å²) in [6, 6.07) is 4.00. The minimum atomic E-state index is -0.0409. The number of amides is 2. The summed E-state index contributed by atoms with van der Waals surface area (Å²) in [6.45, 7) is 1.65. The monoisotopic (exact) mass is 331 g/mol. The quantitative estimate of drug-likeness (QED) is 0.762. The number of carbonyl (C=O) groups excluding carboxylic acids is 2. The van der Waals surface area contributed by atoms with Crippen LogP contribution in [0.2, 0.25) is 0 Å². The molecule has 0 spiro atoms. The molecule has 0 unspecified atom stereocenters. The molecular formula is C18H25N3O3. The van der Waals surface area contributed by atoms with Crippen molar-refractivity contribution >= 4 is 11.8 Å². The third kappa shape index (κ3) is 3.93. The molecule has 2 aliphatic rings. The van der Waals surface area contributed by atoms with Gasteiger partial charge in [0.2, 0.25) is 11.8 Å². The van der Waals surface area contributed by atoms with Crippen molar-refractivity contribution in [3.8, 4) is 0 Å². The fourth-order valence-corrected chi connectivity index (χ4v) is 3.46. The Hall–Kier alpha value is -1.95. The summed E-state index contributed by atoms with van der Waals surface area (Å²) in [5.41, 5.74) is 1.21. The Morgan fingerprint density at radius 1 is 1.38 bits per heavy atom. The second-order valence-corrected chi connectivity index (χ2v) is 6.60. The van der Waals surface area contributed by atoms with Gasteiger partial charge in [0.25, 0.3) is 0 Å². The second-order valence-electron chi connectivity index (χ2n) is 6.60. The number of aryl methyl sites for hydroxylation is 1. The summed E-state index contributed by atoms with van der Waals surface area (Å²) >= 11 is 0. The van der Waals surface area contributed by atoms with Gasteiger partial charge in [0.15, 0.2) is 0 Å². The van der Waals surface area contributed by atoms with E-state index in [0.717, 1.165) is 19.3 Å². The van der Waals surface area contributed by atoms with Crippen LogP contribution in [-0.2, 0) is 20.7 Å². The van der Waals surface area contributed by atoms with E-state index < -0.39 is 0 Å². The third-order valence-corrected chi connectivity index (χ3v) is 4.96. The normalized spacial score (nSPS) is 24.0. The molecule has 2 atom stereocenters. The highest BCUT2D eigenvalue weighted by Gasteiger charge is 2.41. The van der Waals surface area contributed by atoms with E-state index >= 15 is 0 Å². The summed E-state index contributed by atoms with van der Waals surface area (Å²) in [7, 11) is 1.82. The van der Waals surface area contributed by atoms with Gasteiger partial charge in [0.1, 0.15) is 0 Å². The Labute approximate surface area is 142 Å². The van der Waals surface area contributed by atoms with E-state index in [1.807, 2.05) is 24.2 Å². The standard InChI is InChI=1S/C18H25N3O3/c1-20-15-12-21(13-16(15)24-10-8-17(20)22)18(23)7-3-2-5-14-6-4-9-19-11-14/h4,6,9,11,15-16H,2-3,5,7-8,10,12-13H2,1H3/t15-,16-/m0/s1. The first kappa shape index (κ1) is 16.9. The first-order valence-corrected chi connectivity index (χ1v) is 8.69. The van der Waals surface area contributed by atoms with Gasteiger partial charge in [0.05, 0.1) is 25.2 Å². The molecule has 3 rings (SSSR count). The van der Waals surface area contributed by atoms with Crippen molar-refractivity contribution in [2.75, 3.05) is 26.7 Å². The number of rotatable bonds is 5. The fourth-order valence-electron chi connectivity index (χ4n) is 3.46. The predicted octanol–water partition coefficient (Wildman–Crippen LogP) is 1.25. The fraction of sp³-hybridized carbons (Fsp3) is 0.611. The van der Waals surface area contributed by atoms with Crippen LogP contribution in [0.3, 0.4) is 0 Å². The lowest BCUT2D eigenvalue weighted by molar-refractivity contribution is -0.133. The molecule has 6 heteroatoms. The van der Waals surface area contributed by atoms with Gasteiger partial charge in [-0.2, -0.15) is 0 Å². The Kier molecular flexibility index (Phi) is 5.45. The van der Waals surface area contributed by atoms with Crippen LogP contribution in [0, 0.1) is 0 Å². The van der Waals surface area contributed by atoms with Crippen molar-refractivity contribution in [2.24, 2.45) is 0 Å². The second kappa shape index (κ2) is 7.75. The third-order valence-electron chi connectivity index (χ3n) is 4.96. The number of unbranched alkanes of at least 4 members (excludes halogenated alkanes) is 1. The van der Waals surface area contributed by atoms with Gasteiger partial charge in [-0.3, -0.25) is 14.6 Å². The number of hydrogen-bond donors (Lipinski definition) is 0. The number of ether oxygens (including phenoxy) is 1. The van der Waals surface area contributed by atoms with Crippen LogP contribution in [0.5, 0.6) is 0 Å². The maximum Gasteiger partial charge on any atom is 0.225 e. The van der Waals surface area contributed by atoms with E-state index in [1.54, 1.807) is 11.1 Å². The minimum absolute atomic E-state index is 0.000608. The van der Waals surface area contributed by atoms with Crippen LogP contribution < -0.4 is 0 Å². The zero-order chi connectivity index (χ0) is 16.9. The van der Waals surface area contributed by atoms with E-state index in [1.165, 1.54) is 5.56 Å². The molecule has 2 aliphatic heterocycles. The van der Waals surface area contributed by atoms with Crippen LogP contribution >= 0.6 is 0 Å². The van der Waals surface area contributed by atoms with Crippen molar-refractivity contribution in [3.63, 3.8) is 0 Å². The molecule has 0 saturated carbocycles. The first-order valence-electron chi connectivity index (χ1n) is 8.69. The van der Waals surface area contributed by atoms with E-state index in [-0.39, 0.29) is 24.0 Å². The molecule has 0 aromatic carbocycles. The van der Waals surface area contributed by atoms with Gasteiger partial charge in [-0.05, 0) is 30.9 Å². The minimum Gasteiger partial charge on any atom is -0.374 e. The largest absolute Gasteiger partial charge is 0.374 e. The summed E-state index contributed by atoms with van der Waals surface area (Å²) < 4.78 is 5.77. The molecular weight excluding hydrogens is 306 g/mol. The topological polar surface area (TPSA) is 62.7 Å². The Morgan fingerprint density at radius 3 is 3.04 bits per heavy atom. The van der Waals surface area contributed by atoms with Gasteiger partial charge >= 0.3 is 0 Å². The Balaban J connectivity index is 1.44. The molecule has 1 aromatic rings. The number of pyridine rings is 1. The van der Waals surface area contributed by atoms with Crippen molar-refractivity contribution < 1.29 is 14.3 Å². The number of hydrogen-bond acceptors (Lipinski definition) is 4. The molecule has 1 aromatic heterocycles. The highest BCUT2D eigenvalue weighted by atomic mass is 16.5. The Bertz CT molecular complexity index is 578. The van der Waals surface area contributed by atoms with Gasteiger partial charge in [-0.15, -0.1) is 0 Å². The van der Waals surface area contributed by atoms with Crippen LogP contribution in [-0.4, -0.2) is 65.5 Å². The molecule has 2 saturated heterocycles. The molecule has 0 aliphatic carbocycles. The molecule has 3 heterocycles. The number of fused-ring (bicyclic) bond motifs is 1. The van der Waals surface area contributed by atoms with Gasteiger partial charge in [-0.1, -0.05) is 6.07 Å². The van der Waals surface area contributed by atoms with Crippen molar-refractivity contribution in [1.82, 2.24) is 14.8 Å². The lowest BCUT2D eigenvalue weighted by Gasteiger charge is -2.25. The number of nitrogens with zero attached hydrogens (tertiary/aromatic N) is 3. The summed E-state index contributed by atoms with van der Waals surface area (Å²) in [4.78, 5) is 32.1. The highest BCUT2D eigenvalue weighted by Crippen LogP contribution is 2.23. The van der Waals surface area contributed by atoms with Gasteiger partial charge < -0.3 is 14.5 Å². The first-order chi connectivity index (χ1) is 11.6. The molecule has 130 valence electrons. The lowest BCUT2D eigenvalue weighted by Crippen LogP contribution is -2.43. The SMILES string of the molecule is CN1C(=O)CCO[C@H]2CN(C(=O)CCCCc3cccnc3)C[C@@H]21. The maximum absolute atomic E-state index is 12.4. The maximum atomic E-state index is 12.4. The molecule has 2 fully saturated rings. The molecule has 0 N–H and O–H groups in total. The molecule has 0 bridgehead atoms. The lowest BCUT2D eigenvalue weighted by atomic mass is 10.1. The van der Waals surface area contributed by atoms with Gasteiger partial charge in [0, 0.05) is 39.0 Å². The average molecular weight is 331 g/mol. The molecule has 0 radical (unpaired) electrons. The van der Waals surface area contributed by atoms with Crippen molar-refractivity contribution in [2.45, 2.75) is 44.2 Å². The highest BCUT2D eigenvalue weighted by molar-refractivity contribution is 5.78. The smallest absolute Gasteiger partial charge is 0.225 e. The van der Waals surface area contributed by atoms with E-state index in [9.17, 15) is 9.59 Å². The summed E-state index contributed by atoms with van der Waals surface area (Å²) in [6.07, 6.45) is 7.39. The van der Waals surface area contributed by atoms with Crippen molar-refractivity contribution in [1.29, 1.82) is 0 Å². The molecule has 2 amide bonds. The van der Waals surface area contributed by atoms with Crippen LogP contribution in [0.15, 0.2) is 24.5 Å². The predicted molar refractivity (Wildman–Crippen MR) is 89.3 cm³/mol. The van der Waals surface area contributed by atoms with E-state index in [4.69, 9.17) is 4.74 Å². The zero-order valence-corrected chi connectivity index (χ0v) is 14.2. The Morgan fingerprint density at radius 2 is 2.25 bits per heavy atom. The summed E-state index contributed by atoms with van der Waals surface area (Å²) in [5.74, 6) is 0.270. The van der Waals surface area contributed by atoms with Crippen LogP contribution in [0.25, 0.3) is 0 Å². The molecule has 24 heavy (non-hydrogen) atoms. The van der Waals surface area contributed by atoms with E-state index in [0.29, 0.717) is 32.5 Å². The van der Waals surface area contributed by atoms with E-state index in [2.05, 4.69) is 11.1 Å². The van der Waals surface area contributed by atoms with Crippen LogP contribution in [0.4, 0.5) is 0 Å². The van der Waals surface area contributed by atoms with Crippen molar-refractivity contribution in [3.05, 3.63) is 30.1 Å². The molecule has 6 nitrogen and oxygen atoms in total. The number of carbonyl (C=O) groups is 2. The number of aromatic nitrogens is 1. The van der Waals surface area contributed by atoms with Gasteiger partial charge in [-0.25, -0.2) is 0 Å². The number of likely N-dealkylation sites (tertiary alicyclic amines) is 1. The van der Waals surface area contributed by atoms with Crippen LogP contribution in [0.1, 0.15) is 31.2 Å². The summed E-state index contributed by atoms with van der Waals surface area (Å²) in [5, 5.41) is 0. The average Bonchev–Trinajstić information content (AvgIpc) is 2.97. The zero-order valence-electron chi connectivity index (χ0n) is 14.2. The number of likely N-dealkylation sites (N-methyl/N-ethyl adjacent to an activating group) is 1.